The van der Waals surface area contributed by atoms with Crippen LogP contribution in [0.4, 0.5) is 4.79 Å². The van der Waals surface area contributed by atoms with Crippen LogP contribution in [0.1, 0.15) is 30.4 Å². The Hall–Kier alpha value is -2.04. The van der Waals surface area contributed by atoms with Crippen molar-refractivity contribution in [1.29, 1.82) is 0 Å². The monoisotopic (exact) mass is 540 g/mol. The summed E-state index contributed by atoms with van der Waals surface area (Å²) in [5.41, 5.74) is 4.81. The fourth-order valence-electron chi connectivity index (χ4n) is 7.04. The number of ether oxygens (including phenoxy) is 2. The van der Waals surface area contributed by atoms with Crippen LogP contribution in [0.2, 0.25) is 0 Å². The van der Waals surface area contributed by atoms with Crippen LogP contribution in [0.3, 0.4) is 0 Å². The van der Waals surface area contributed by atoms with E-state index >= 15 is 0 Å². The van der Waals surface area contributed by atoms with Crippen molar-refractivity contribution in [3.05, 3.63) is 35.4 Å². The number of hydrogen-bond acceptors (Lipinski definition) is 7. The van der Waals surface area contributed by atoms with Gasteiger partial charge in [-0.15, -0.1) is 24.8 Å². The van der Waals surface area contributed by atoms with Crippen molar-refractivity contribution in [1.82, 2.24) is 20.2 Å². The fourth-order valence-corrected chi connectivity index (χ4v) is 7.04. The number of nitrogens with zero attached hydrogens (tertiary/aromatic N) is 3. The number of amides is 2. The third-order valence-electron chi connectivity index (χ3n) is 8.77. The zero-order valence-corrected chi connectivity index (χ0v) is 22.3. The molecule has 0 radical (unpaired) electrons. The van der Waals surface area contributed by atoms with Gasteiger partial charge in [0.1, 0.15) is 18.2 Å². The van der Waals surface area contributed by atoms with E-state index in [1.165, 1.54) is 15.5 Å². The molecule has 2 N–H and O–H groups in total. The first-order chi connectivity index (χ1) is 16.4. The van der Waals surface area contributed by atoms with E-state index in [0.29, 0.717) is 30.5 Å². The Labute approximate surface area is 223 Å². The van der Waals surface area contributed by atoms with Crippen LogP contribution in [0.25, 0.3) is 0 Å². The van der Waals surface area contributed by atoms with E-state index < -0.39 is 24.3 Å². The molecule has 3 heterocycles. The quantitative estimate of drug-likeness (QED) is 0.446. The second-order valence-corrected chi connectivity index (χ2v) is 10.2. The smallest absolute Gasteiger partial charge is 0.416 e. The van der Waals surface area contributed by atoms with Gasteiger partial charge in [0.2, 0.25) is 0 Å². The number of rotatable bonds is 3. The van der Waals surface area contributed by atoms with Crippen LogP contribution in [-0.4, -0.2) is 90.4 Å². The van der Waals surface area contributed by atoms with Crippen molar-refractivity contribution in [2.45, 2.75) is 55.4 Å². The minimum absolute atomic E-state index is 0. The van der Waals surface area contributed by atoms with Crippen molar-refractivity contribution in [2.24, 2.45) is 5.92 Å². The SMILES string of the molecule is CNN(C)C(=O)[C@@H]1CCCN1C(=O)Oc1ccc2c3c1O[C@H]1[C@@H](O)C=CC4C(C2)N(C)CC[C@@]341.Cl.Cl. The molecule has 2 saturated heterocycles. The molecule has 9 nitrogen and oxygen atoms in total. The first-order valence-corrected chi connectivity index (χ1v) is 12.2. The zero-order valence-electron chi connectivity index (χ0n) is 20.7. The van der Waals surface area contributed by atoms with Gasteiger partial charge in [-0.05, 0) is 50.9 Å². The minimum Gasteiger partial charge on any atom is -0.482 e. The minimum atomic E-state index is -0.708. The Morgan fingerprint density at radius 1 is 1.25 bits per heavy atom. The maximum Gasteiger partial charge on any atom is 0.416 e. The van der Waals surface area contributed by atoms with Crippen molar-refractivity contribution >= 4 is 36.8 Å². The second kappa shape index (κ2) is 9.68. The summed E-state index contributed by atoms with van der Waals surface area (Å²) in [7, 11) is 5.49. The third-order valence-corrected chi connectivity index (χ3v) is 8.77. The number of carbonyl (C=O) groups is 2. The van der Waals surface area contributed by atoms with Gasteiger partial charge in [0, 0.05) is 43.6 Å². The van der Waals surface area contributed by atoms with Gasteiger partial charge in [-0.3, -0.25) is 14.7 Å². The maximum atomic E-state index is 13.2. The Morgan fingerprint density at radius 2 is 2.03 bits per heavy atom. The van der Waals surface area contributed by atoms with Crippen LogP contribution in [0.5, 0.6) is 11.5 Å². The molecule has 2 amide bonds. The Morgan fingerprint density at radius 3 is 2.78 bits per heavy atom. The highest BCUT2D eigenvalue weighted by Gasteiger charge is 2.64. The summed E-state index contributed by atoms with van der Waals surface area (Å²) in [4.78, 5) is 29.9. The van der Waals surface area contributed by atoms with Gasteiger partial charge >= 0.3 is 6.09 Å². The van der Waals surface area contributed by atoms with Crippen LogP contribution in [0, 0.1) is 5.92 Å². The molecule has 1 aromatic rings. The summed E-state index contributed by atoms with van der Waals surface area (Å²) in [5.74, 6) is 1.04. The molecule has 6 atom stereocenters. The van der Waals surface area contributed by atoms with E-state index in [9.17, 15) is 14.7 Å². The Bertz CT molecular complexity index is 1090. The van der Waals surface area contributed by atoms with E-state index in [4.69, 9.17) is 9.47 Å². The molecule has 5 aliphatic rings. The molecule has 198 valence electrons. The number of hydrogen-bond donors (Lipinski definition) is 2. The van der Waals surface area contributed by atoms with Gasteiger partial charge in [-0.1, -0.05) is 18.2 Å². The molecule has 36 heavy (non-hydrogen) atoms. The van der Waals surface area contributed by atoms with E-state index in [-0.39, 0.29) is 42.1 Å². The zero-order chi connectivity index (χ0) is 23.8. The van der Waals surface area contributed by atoms with Crippen LogP contribution in [0.15, 0.2) is 24.3 Å². The third kappa shape index (κ3) is 3.62. The largest absolute Gasteiger partial charge is 0.482 e. The van der Waals surface area contributed by atoms with E-state index in [2.05, 4.69) is 23.4 Å². The van der Waals surface area contributed by atoms with E-state index in [1.807, 2.05) is 18.2 Å². The normalized spacial score (nSPS) is 33.1. The van der Waals surface area contributed by atoms with Crippen molar-refractivity contribution < 1.29 is 24.2 Å². The lowest BCUT2D eigenvalue weighted by Gasteiger charge is -2.56. The van der Waals surface area contributed by atoms with Gasteiger partial charge in [0.05, 0.1) is 0 Å². The van der Waals surface area contributed by atoms with Crippen LogP contribution in [-0.2, 0) is 16.6 Å². The first-order valence-electron chi connectivity index (χ1n) is 12.2. The number of likely N-dealkylation sites (N-methyl/N-ethyl adjacent to an activating group) is 2. The molecule has 0 saturated carbocycles. The number of benzene rings is 1. The molecular weight excluding hydrogens is 507 g/mol. The number of likely N-dealkylation sites (tertiary alicyclic amines) is 2. The molecule has 1 aromatic carbocycles. The van der Waals surface area contributed by atoms with E-state index in [0.717, 1.165) is 31.4 Å². The molecule has 6 rings (SSSR count). The lowest BCUT2D eigenvalue weighted by atomic mass is 9.53. The number of nitrogens with one attached hydrogen (secondary N) is 1. The number of aliphatic hydroxyl groups excluding tert-OH is 1. The molecular formula is C25H34Cl2N4O5. The summed E-state index contributed by atoms with van der Waals surface area (Å²) in [6.45, 7) is 1.40. The predicted molar refractivity (Wildman–Crippen MR) is 138 cm³/mol. The summed E-state index contributed by atoms with van der Waals surface area (Å²) < 4.78 is 12.4. The average molecular weight is 541 g/mol. The Kier molecular flexibility index (Phi) is 7.27. The van der Waals surface area contributed by atoms with Gasteiger partial charge in [0.15, 0.2) is 11.5 Å². The van der Waals surface area contributed by atoms with Crippen LogP contribution >= 0.6 is 24.8 Å². The number of hydrazine groups is 1. The number of halogens is 2. The standard InChI is InChI=1S/C25H32N4O5.2ClH/c1-26-28(3)23(31)16-5-4-11-29(16)24(32)33-19-9-6-14-13-17-15-7-8-18(30)22-25(15,10-12-27(17)2)20(14)21(19)34-22;;/h6-9,15-18,22,26,30H,4-5,10-13H2,1-3H3;2*1H/t15?,16-,17?,18-,22-,25-;;/m0../s1. The first kappa shape index (κ1) is 27.0. The lowest BCUT2D eigenvalue weighted by Crippen LogP contribution is -2.64. The molecule has 2 bridgehead atoms. The van der Waals surface area contributed by atoms with Crippen molar-refractivity contribution in [2.75, 3.05) is 34.2 Å². The van der Waals surface area contributed by atoms with Gasteiger partial charge in [-0.2, -0.15) is 0 Å². The topological polar surface area (TPSA) is 94.6 Å². The van der Waals surface area contributed by atoms with Gasteiger partial charge in [0.25, 0.3) is 5.91 Å². The number of piperidine rings is 1. The van der Waals surface area contributed by atoms with E-state index in [1.54, 1.807) is 14.1 Å². The highest BCUT2D eigenvalue weighted by molar-refractivity contribution is 5.86. The van der Waals surface area contributed by atoms with Gasteiger partial charge < -0.3 is 19.5 Å². The highest BCUT2D eigenvalue weighted by Crippen LogP contribution is 2.62. The van der Waals surface area contributed by atoms with Crippen molar-refractivity contribution in [3.63, 3.8) is 0 Å². The van der Waals surface area contributed by atoms with Gasteiger partial charge in [-0.25, -0.2) is 10.2 Å². The molecule has 2 unspecified atom stereocenters. The predicted octanol–water partition coefficient (Wildman–Crippen LogP) is 1.89. The summed E-state index contributed by atoms with van der Waals surface area (Å²) >= 11 is 0. The summed E-state index contributed by atoms with van der Waals surface area (Å²) in [6, 6.07) is 3.66. The average Bonchev–Trinajstić information content (AvgIpc) is 3.46. The number of aliphatic hydroxyl groups is 1. The lowest BCUT2D eigenvalue weighted by molar-refractivity contribution is -0.136. The van der Waals surface area contributed by atoms with Crippen molar-refractivity contribution in [3.8, 4) is 11.5 Å². The summed E-state index contributed by atoms with van der Waals surface area (Å²) in [6.07, 6.45) is 5.52. The molecule has 0 aromatic heterocycles. The highest BCUT2D eigenvalue weighted by atomic mass is 35.5. The molecule has 2 fully saturated rings. The molecule has 2 aliphatic carbocycles. The number of carbonyl (C=O) groups excluding carboxylic acids is 2. The molecule has 1 spiro atoms. The fraction of sp³-hybridized carbons (Fsp3) is 0.600. The molecule has 3 aliphatic heterocycles. The summed E-state index contributed by atoms with van der Waals surface area (Å²) in [5, 5.41) is 12.3. The molecule has 11 heteroatoms. The second-order valence-electron chi connectivity index (χ2n) is 10.2. The maximum absolute atomic E-state index is 13.2. The Balaban J connectivity index is 0.00000152. The van der Waals surface area contributed by atoms with Crippen LogP contribution < -0.4 is 14.9 Å².